The summed E-state index contributed by atoms with van der Waals surface area (Å²) < 4.78 is 40.8. The van der Waals surface area contributed by atoms with Gasteiger partial charge in [0, 0.05) is 26.2 Å². The van der Waals surface area contributed by atoms with Crippen molar-refractivity contribution < 1.29 is 22.8 Å². The van der Waals surface area contributed by atoms with Crippen LogP contribution in [0.3, 0.4) is 0 Å². The average Bonchev–Trinajstić information content (AvgIpc) is 3.01. The third-order valence-electron chi connectivity index (χ3n) is 8.85. The molecule has 11 heteroatoms. The van der Waals surface area contributed by atoms with Gasteiger partial charge in [0.1, 0.15) is 6.04 Å². The van der Waals surface area contributed by atoms with E-state index >= 15 is 0 Å². The van der Waals surface area contributed by atoms with Crippen LogP contribution in [0.15, 0.2) is 48.5 Å². The molecule has 0 radical (unpaired) electrons. The minimum atomic E-state index is -4.55. The zero-order valence-electron chi connectivity index (χ0n) is 24.5. The first-order valence-electron chi connectivity index (χ1n) is 15.2. The molecule has 8 nitrogen and oxygen atoms in total. The summed E-state index contributed by atoms with van der Waals surface area (Å²) >= 11 is 0. The Morgan fingerprint density at radius 2 is 1.60 bits per heavy atom. The molecular weight excluding hydrogens is 557 g/mol. The number of guanidine groups is 1. The number of alkyl halides is 3. The molecule has 0 spiro atoms. The van der Waals surface area contributed by atoms with E-state index in [1.807, 2.05) is 24.3 Å². The molecule has 1 aliphatic heterocycles. The second-order valence-corrected chi connectivity index (χ2v) is 11.8. The topological polar surface area (TPSA) is 137 Å². The number of rotatable bonds is 10. The van der Waals surface area contributed by atoms with Crippen molar-refractivity contribution in [2.75, 3.05) is 19.6 Å². The Bertz CT molecular complexity index is 1240. The number of nitrogens with one attached hydrogen (secondary N) is 3. The number of carbonyl (C=O) groups excluding carboxylic acids is 2. The third-order valence-corrected chi connectivity index (χ3v) is 8.85. The van der Waals surface area contributed by atoms with Gasteiger partial charge in [-0.3, -0.25) is 15.0 Å². The van der Waals surface area contributed by atoms with Crippen LogP contribution in [-0.4, -0.2) is 48.3 Å². The van der Waals surface area contributed by atoms with Crippen LogP contribution in [0.4, 0.5) is 13.2 Å². The van der Waals surface area contributed by atoms with Crippen LogP contribution in [0.25, 0.3) is 0 Å². The number of hydrogen-bond donors (Lipinski definition) is 5. The number of benzene rings is 2. The highest BCUT2D eigenvalue weighted by Gasteiger charge is 2.35. The van der Waals surface area contributed by atoms with E-state index < -0.39 is 29.6 Å². The molecule has 2 aromatic carbocycles. The number of nitrogens with two attached hydrogens (primary N) is 2. The molecule has 1 heterocycles. The first kappa shape index (κ1) is 32.3. The fourth-order valence-electron chi connectivity index (χ4n) is 6.19. The van der Waals surface area contributed by atoms with E-state index in [0.717, 1.165) is 68.2 Å². The van der Waals surface area contributed by atoms with Gasteiger partial charge in [0.2, 0.25) is 11.8 Å². The molecule has 2 amide bonds. The van der Waals surface area contributed by atoms with Gasteiger partial charge in [-0.1, -0.05) is 61.7 Å². The molecule has 43 heavy (non-hydrogen) atoms. The van der Waals surface area contributed by atoms with Gasteiger partial charge in [-0.05, 0) is 66.7 Å². The molecule has 7 N–H and O–H groups in total. The van der Waals surface area contributed by atoms with E-state index in [1.54, 1.807) is 4.90 Å². The van der Waals surface area contributed by atoms with Crippen molar-refractivity contribution in [3.8, 4) is 0 Å². The predicted octanol–water partition coefficient (Wildman–Crippen LogP) is 4.28. The lowest BCUT2D eigenvalue weighted by Gasteiger charge is -2.34. The molecular formula is C32H43F3N6O2. The molecule has 2 aromatic rings. The van der Waals surface area contributed by atoms with E-state index in [9.17, 15) is 22.8 Å². The van der Waals surface area contributed by atoms with Gasteiger partial charge in [-0.2, -0.15) is 13.2 Å². The minimum absolute atomic E-state index is 0.0493. The molecule has 1 saturated heterocycles. The van der Waals surface area contributed by atoms with Crippen molar-refractivity contribution in [1.82, 2.24) is 15.5 Å². The lowest BCUT2D eigenvalue weighted by Crippen LogP contribution is -2.53. The summed E-state index contributed by atoms with van der Waals surface area (Å²) in [6, 6.07) is 11.5. The second-order valence-electron chi connectivity index (χ2n) is 11.8. The number of nitrogens with zero attached hydrogens (tertiary/aromatic N) is 1. The van der Waals surface area contributed by atoms with Crippen LogP contribution >= 0.6 is 0 Å². The Kier molecular flexibility index (Phi) is 11.1. The number of halogens is 3. The first-order valence-corrected chi connectivity index (χ1v) is 15.2. The number of piperidine rings is 1. The Balaban J connectivity index is 1.54. The van der Waals surface area contributed by atoms with E-state index in [4.69, 9.17) is 16.9 Å². The normalized spacial score (nSPS) is 18.1. The monoisotopic (exact) mass is 600 g/mol. The van der Waals surface area contributed by atoms with Crippen molar-refractivity contribution in [3.05, 3.63) is 70.8 Å². The SMILES string of the molecule is N=C(N)N1CCC(CNC(=O)[C@@H](NC(=O)C(Cc2ccc(CN)cc2)c2cccc(C(F)(F)F)c2)C2CCCCC2)CC1. The molecule has 1 unspecified atom stereocenters. The molecule has 1 saturated carbocycles. The molecule has 2 fully saturated rings. The summed E-state index contributed by atoms with van der Waals surface area (Å²) in [4.78, 5) is 29.4. The van der Waals surface area contributed by atoms with Crippen molar-refractivity contribution in [3.63, 3.8) is 0 Å². The summed E-state index contributed by atoms with van der Waals surface area (Å²) in [7, 11) is 0. The summed E-state index contributed by atoms with van der Waals surface area (Å²) in [5.41, 5.74) is 12.4. The molecule has 0 bridgehead atoms. The summed E-state index contributed by atoms with van der Waals surface area (Å²) in [5.74, 6) is -1.43. The highest BCUT2D eigenvalue weighted by Crippen LogP contribution is 2.33. The number of carbonyl (C=O) groups is 2. The Labute approximate surface area is 251 Å². The van der Waals surface area contributed by atoms with E-state index in [-0.39, 0.29) is 35.7 Å². The van der Waals surface area contributed by atoms with Crippen LogP contribution in [0, 0.1) is 17.2 Å². The maximum absolute atomic E-state index is 14.0. The highest BCUT2D eigenvalue weighted by atomic mass is 19.4. The lowest BCUT2D eigenvalue weighted by atomic mass is 9.82. The van der Waals surface area contributed by atoms with Gasteiger partial charge in [0.25, 0.3) is 0 Å². The molecule has 0 aromatic heterocycles. The van der Waals surface area contributed by atoms with E-state index in [2.05, 4.69) is 10.6 Å². The maximum Gasteiger partial charge on any atom is 0.416 e. The third kappa shape index (κ3) is 8.95. The maximum atomic E-state index is 14.0. The molecule has 2 aliphatic rings. The Morgan fingerprint density at radius 3 is 2.21 bits per heavy atom. The van der Waals surface area contributed by atoms with Gasteiger partial charge in [0.05, 0.1) is 11.5 Å². The van der Waals surface area contributed by atoms with Crippen LogP contribution in [0.2, 0.25) is 0 Å². The second kappa shape index (κ2) is 14.7. The molecule has 1 aliphatic carbocycles. The summed E-state index contributed by atoms with van der Waals surface area (Å²) in [6.07, 6.45) is 1.78. The standard InChI is InChI=1S/C32H43F3N6O2/c33-32(34,35)26-8-4-7-25(18-26)27(17-21-9-11-22(19-36)12-10-21)29(42)40-28(24-5-2-1-3-6-24)30(43)39-20-23-13-15-41(16-14-23)31(37)38/h4,7-12,18,23-24,27-28H,1-3,5-6,13-17,19-20,36H2,(H3,37,38)(H,39,43)(H,40,42)/t27?,28-/m0/s1. The average molecular weight is 601 g/mol. The van der Waals surface area contributed by atoms with Crippen LogP contribution in [0.5, 0.6) is 0 Å². The van der Waals surface area contributed by atoms with Crippen molar-refractivity contribution >= 4 is 17.8 Å². The van der Waals surface area contributed by atoms with Crippen LogP contribution in [-0.2, 0) is 28.7 Å². The van der Waals surface area contributed by atoms with Gasteiger partial charge < -0.3 is 27.0 Å². The van der Waals surface area contributed by atoms with Crippen molar-refractivity contribution in [2.45, 2.75) is 76.0 Å². The fourth-order valence-corrected chi connectivity index (χ4v) is 6.19. The fraction of sp³-hybridized carbons (Fsp3) is 0.531. The van der Waals surface area contributed by atoms with Crippen LogP contribution in [0.1, 0.15) is 73.1 Å². The molecule has 4 rings (SSSR count). The van der Waals surface area contributed by atoms with Crippen molar-refractivity contribution in [2.24, 2.45) is 23.3 Å². The Morgan fingerprint density at radius 1 is 0.953 bits per heavy atom. The minimum Gasteiger partial charge on any atom is -0.370 e. The predicted molar refractivity (Wildman–Crippen MR) is 160 cm³/mol. The first-order chi connectivity index (χ1) is 20.5. The van der Waals surface area contributed by atoms with Gasteiger partial charge in [-0.15, -0.1) is 0 Å². The van der Waals surface area contributed by atoms with Gasteiger partial charge >= 0.3 is 6.18 Å². The number of hydrogen-bond acceptors (Lipinski definition) is 4. The zero-order chi connectivity index (χ0) is 31.0. The number of amides is 2. The van der Waals surface area contributed by atoms with Gasteiger partial charge in [-0.25, -0.2) is 0 Å². The van der Waals surface area contributed by atoms with E-state index in [0.29, 0.717) is 26.2 Å². The molecule has 234 valence electrons. The highest BCUT2D eigenvalue weighted by molar-refractivity contribution is 5.91. The smallest absolute Gasteiger partial charge is 0.370 e. The number of likely N-dealkylation sites (tertiary alicyclic amines) is 1. The van der Waals surface area contributed by atoms with Crippen LogP contribution < -0.4 is 22.1 Å². The zero-order valence-corrected chi connectivity index (χ0v) is 24.5. The molecule has 2 atom stereocenters. The Hall–Kier alpha value is -3.60. The summed E-state index contributed by atoms with van der Waals surface area (Å²) in [6.45, 7) is 2.12. The quantitative estimate of drug-likeness (QED) is 0.205. The van der Waals surface area contributed by atoms with Crippen molar-refractivity contribution in [1.29, 1.82) is 5.41 Å². The lowest BCUT2D eigenvalue weighted by molar-refractivity contribution is -0.137. The van der Waals surface area contributed by atoms with Gasteiger partial charge in [0.15, 0.2) is 5.96 Å². The van der Waals surface area contributed by atoms with E-state index in [1.165, 1.54) is 12.1 Å². The summed E-state index contributed by atoms with van der Waals surface area (Å²) in [5, 5.41) is 13.7. The largest absolute Gasteiger partial charge is 0.416 e.